The molecule has 0 radical (unpaired) electrons. The first-order valence-corrected chi connectivity index (χ1v) is 8.64. The van der Waals surface area contributed by atoms with Crippen molar-refractivity contribution in [3.8, 4) is 0 Å². The lowest BCUT2D eigenvalue weighted by Gasteiger charge is -2.24. The highest BCUT2D eigenvalue weighted by molar-refractivity contribution is 5.81. The summed E-state index contributed by atoms with van der Waals surface area (Å²) in [4.78, 5) is 16.8. The number of hydrogen-bond donors (Lipinski definition) is 0. The van der Waals surface area contributed by atoms with Crippen LogP contribution in [0.15, 0.2) is 22.8 Å². The number of nitrogens with zero attached hydrogens (tertiary/aromatic N) is 4. The molecule has 2 aromatic rings. The van der Waals surface area contributed by atoms with Crippen molar-refractivity contribution in [1.82, 2.24) is 20.1 Å². The van der Waals surface area contributed by atoms with Crippen LogP contribution in [0.5, 0.6) is 0 Å². The molecule has 0 aliphatic carbocycles. The standard InChI is InChI=1S/C17H22N4O3/c22-17(15-6-2-11-23-15)21-8-3-7-20(9-10-21)12-13-4-1-5-14-16(13)19-24-18-14/h1,4-5,15H,2-3,6-12H2/t15-/m0/s1. The van der Waals surface area contributed by atoms with E-state index in [-0.39, 0.29) is 12.0 Å². The van der Waals surface area contributed by atoms with E-state index in [0.29, 0.717) is 6.61 Å². The van der Waals surface area contributed by atoms with E-state index in [4.69, 9.17) is 9.37 Å². The molecule has 0 bridgehead atoms. The summed E-state index contributed by atoms with van der Waals surface area (Å²) < 4.78 is 10.4. The fraction of sp³-hybridized carbons (Fsp3) is 0.588. The van der Waals surface area contributed by atoms with Crippen LogP contribution in [-0.2, 0) is 16.1 Å². The molecule has 1 amide bonds. The van der Waals surface area contributed by atoms with Gasteiger partial charge >= 0.3 is 0 Å². The molecule has 1 aromatic carbocycles. The molecule has 1 atom stereocenters. The molecular formula is C17H22N4O3. The molecule has 4 rings (SSSR count). The summed E-state index contributed by atoms with van der Waals surface area (Å²) in [5, 5.41) is 7.91. The van der Waals surface area contributed by atoms with Gasteiger partial charge in [0.2, 0.25) is 0 Å². The largest absolute Gasteiger partial charge is 0.368 e. The maximum Gasteiger partial charge on any atom is 0.251 e. The summed E-state index contributed by atoms with van der Waals surface area (Å²) >= 11 is 0. The third-order valence-corrected chi connectivity index (χ3v) is 4.87. The van der Waals surface area contributed by atoms with Crippen molar-refractivity contribution in [2.75, 3.05) is 32.8 Å². The van der Waals surface area contributed by atoms with Gasteiger partial charge in [-0.1, -0.05) is 12.1 Å². The van der Waals surface area contributed by atoms with E-state index in [9.17, 15) is 4.79 Å². The van der Waals surface area contributed by atoms with Crippen LogP contribution in [0, 0.1) is 0 Å². The highest BCUT2D eigenvalue weighted by atomic mass is 16.6. The van der Waals surface area contributed by atoms with Gasteiger partial charge in [0.1, 0.15) is 17.1 Å². The van der Waals surface area contributed by atoms with E-state index in [2.05, 4.69) is 21.3 Å². The Kier molecular flexibility index (Phi) is 4.44. The number of fused-ring (bicyclic) bond motifs is 1. The average molecular weight is 330 g/mol. The molecule has 2 aliphatic rings. The molecular weight excluding hydrogens is 308 g/mol. The number of rotatable bonds is 3. The number of aromatic nitrogens is 2. The fourth-order valence-corrected chi connectivity index (χ4v) is 3.56. The summed E-state index contributed by atoms with van der Waals surface area (Å²) in [6.45, 7) is 4.91. The Morgan fingerprint density at radius 1 is 1.17 bits per heavy atom. The van der Waals surface area contributed by atoms with Gasteiger partial charge in [-0.2, -0.15) is 0 Å². The lowest BCUT2D eigenvalue weighted by molar-refractivity contribution is -0.140. The quantitative estimate of drug-likeness (QED) is 0.848. The zero-order chi connectivity index (χ0) is 16.4. The number of amides is 1. The second-order valence-electron chi connectivity index (χ2n) is 6.51. The average Bonchev–Trinajstić information content (AvgIpc) is 3.24. The lowest BCUT2D eigenvalue weighted by Crippen LogP contribution is -2.41. The third kappa shape index (κ3) is 3.14. The van der Waals surface area contributed by atoms with Gasteiger partial charge in [-0.15, -0.1) is 0 Å². The van der Waals surface area contributed by atoms with Crippen molar-refractivity contribution in [2.24, 2.45) is 0 Å². The zero-order valence-electron chi connectivity index (χ0n) is 13.7. The van der Waals surface area contributed by atoms with E-state index in [1.54, 1.807) is 0 Å². The minimum atomic E-state index is -0.216. The van der Waals surface area contributed by atoms with Gasteiger partial charge in [-0.05, 0) is 41.2 Å². The molecule has 7 heteroatoms. The molecule has 0 N–H and O–H groups in total. The first kappa shape index (κ1) is 15.5. The molecule has 7 nitrogen and oxygen atoms in total. The summed E-state index contributed by atoms with van der Waals surface area (Å²) in [7, 11) is 0. The van der Waals surface area contributed by atoms with E-state index >= 15 is 0 Å². The van der Waals surface area contributed by atoms with Gasteiger partial charge in [0.05, 0.1) is 0 Å². The van der Waals surface area contributed by atoms with Gasteiger partial charge in [0, 0.05) is 39.3 Å². The molecule has 3 heterocycles. The van der Waals surface area contributed by atoms with Gasteiger partial charge < -0.3 is 9.64 Å². The Labute approximate surface area is 140 Å². The van der Waals surface area contributed by atoms with Crippen LogP contribution < -0.4 is 0 Å². The van der Waals surface area contributed by atoms with Crippen LogP contribution in [0.25, 0.3) is 11.0 Å². The van der Waals surface area contributed by atoms with Crippen LogP contribution in [0.2, 0.25) is 0 Å². The van der Waals surface area contributed by atoms with E-state index in [1.807, 2.05) is 17.0 Å². The third-order valence-electron chi connectivity index (χ3n) is 4.87. The SMILES string of the molecule is O=C([C@@H]1CCCO1)N1CCCN(Cc2cccc3nonc23)CC1. The molecule has 24 heavy (non-hydrogen) atoms. The van der Waals surface area contributed by atoms with Crippen molar-refractivity contribution in [1.29, 1.82) is 0 Å². The van der Waals surface area contributed by atoms with Crippen LogP contribution >= 0.6 is 0 Å². The van der Waals surface area contributed by atoms with Crippen molar-refractivity contribution in [3.05, 3.63) is 23.8 Å². The first-order chi connectivity index (χ1) is 11.8. The number of benzene rings is 1. The molecule has 0 saturated carbocycles. The normalized spacial score (nSPS) is 22.8. The Balaban J connectivity index is 1.39. The summed E-state index contributed by atoms with van der Waals surface area (Å²) in [6, 6.07) is 5.94. The van der Waals surface area contributed by atoms with Gasteiger partial charge in [0.25, 0.3) is 5.91 Å². The number of hydrogen-bond acceptors (Lipinski definition) is 6. The first-order valence-electron chi connectivity index (χ1n) is 8.64. The molecule has 2 aliphatic heterocycles. The van der Waals surface area contributed by atoms with Crippen molar-refractivity contribution >= 4 is 16.9 Å². The summed E-state index contributed by atoms with van der Waals surface area (Å²) in [5.41, 5.74) is 2.74. The Bertz CT molecular complexity index is 711. The zero-order valence-corrected chi connectivity index (χ0v) is 13.7. The second-order valence-corrected chi connectivity index (χ2v) is 6.51. The van der Waals surface area contributed by atoms with E-state index in [1.165, 1.54) is 0 Å². The minimum absolute atomic E-state index is 0.164. The van der Waals surface area contributed by atoms with Crippen LogP contribution in [0.1, 0.15) is 24.8 Å². The molecule has 2 saturated heterocycles. The maximum absolute atomic E-state index is 12.5. The Morgan fingerprint density at radius 2 is 2.12 bits per heavy atom. The van der Waals surface area contributed by atoms with Crippen molar-refractivity contribution in [3.63, 3.8) is 0 Å². The van der Waals surface area contributed by atoms with E-state index < -0.39 is 0 Å². The van der Waals surface area contributed by atoms with Gasteiger partial charge in [-0.3, -0.25) is 9.69 Å². The van der Waals surface area contributed by atoms with Crippen LogP contribution in [0.3, 0.4) is 0 Å². The minimum Gasteiger partial charge on any atom is -0.368 e. The highest BCUT2D eigenvalue weighted by Gasteiger charge is 2.29. The maximum atomic E-state index is 12.5. The second kappa shape index (κ2) is 6.86. The molecule has 128 valence electrons. The lowest BCUT2D eigenvalue weighted by atomic mass is 10.1. The van der Waals surface area contributed by atoms with Gasteiger partial charge in [0.15, 0.2) is 0 Å². The number of carbonyl (C=O) groups excluding carboxylic acids is 1. The van der Waals surface area contributed by atoms with Crippen molar-refractivity contribution < 1.29 is 14.2 Å². The number of carbonyl (C=O) groups is 1. The predicted molar refractivity (Wildman–Crippen MR) is 87.3 cm³/mol. The number of ether oxygens (including phenoxy) is 1. The fourth-order valence-electron chi connectivity index (χ4n) is 3.56. The van der Waals surface area contributed by atoms with Crippen molar-refractivity contribution in [2.45, 2.75) is 31.9 Å². The summed E-state index contributed by atoms with van der Waals surface area (Å²) in [5.74, 6) is 0.164. The van der Waals surface area contributed by atoms with Crippen LogP contribution in [0.4, 0.5) is 0 Å². The van der Waals surface area contributed by atoms with Gasteiger partial charge in [-0.25, -0.2) is 4.63 Å². The summed E-state index contributed by atoms with van der Waals surface area (Å²) in [6.07, 6.45) is 2.61. The predicted octanol–water partition coefficient (Wildman–Crippen LogP) is 1.44. The van der Waals surface area contributed by atoms with E-state index in [0.717, 1.165) is 68.6 Å². The molecule has 2 fully saturated rings. The molecule has 0 unspecified atom stereocenters. The smallest absolute Gasteiger partial charge is 0.251 e. The molecule has 1 aromatic heterocycles. The Hall–Kier alpha value is -1.99. The molecule has 0 spiro atoms. The monoisotopic (exact) mass is 330 g/mol. The topological polar surface area (TPSA) is 71.7 Å². The Morgan fingerprint density at radius 3 is 3.00 bits per heavy atom. The van der Waals surface area contributed by atoms with Crippen LogP contribution in [-0.4, -0.2) is 64.9 Å². The highest BCUT2D eigenvalue weighted by Crippen LogP contribution is 2.19.